The largest absolute Gasteiger partial charge is 0.410 e. The molecular weight excluding hydrogens is 389 g/mol. The van der Waals surface area contributed by atoms with Gasteiger partial charge in [-0.1, -0.05) is 24.6 Å². The van der Waals surface area contributed by atoms with Crippen molar-refractivity contribution in [1.29, 1.82) is 0 Å². The normalized spacial score (nSPS) is 21.0. The van der Waals surface area contributed by atoms with Gasteiger partial charge in [0.2, 0.25) is 0 Å². The summed E-state index contributed by atoms with van der Waals surface area (Å²) >= 11 is 7.60. The number of nitrogens with zero attached hydrogens (tertiary/aromatic N) is 2. The molecule has 0 unspecified atom stereocenters. The van der Waals surface area contributed by atoms with Crippen LogP contribution in [0.5, 0.6) is 0 Å². The number of fused-ring (bicyclic) bond motifs is 1. The van der Waals surface area contributed by atoms with E-state index in [2.05, 4.69) is 15.7 Å². The molecule has 0 spiro atoms. The van der Waals surface area contributed by atoms with Crippen LogP contribution in [0.3, 0.4) is 0 Å². The highest BCUT2D eigenvalue weighted by molar-refractivity contribution is 7.10. The Kier molecular flexibility index (Phi) is 5.21. The minimum atomic E-state index is -4.51. The second-order valence-corrected chi connectivity index (χ2v) is 7.60. The van der Waals surface area contributed by atoms with E-state index in [4.69, 9.17) is 11.6 Å². The van der Waals surface area contributed by atoms with Gasteiger partial charge in [-0.3, -0.25) is 4.79 Å². The van der Waals surface area contributed by atoms with Gasteiger partial charge in [0, 0.05) is 17.3 Å². The van der Waals surface area contributed by atoms with Crippen molar-refractivity contribution in [2.75, 3.05) is 5.32 Å². The number of carbonyl (C=O) groups excluding carboxylic acids is 1. The van der Waals surface area contributed by atoms with Crippen LogP contribution in [-0.4, -0.2) is 27.9 Å². The number of halogens is 4. The molecular formula is C16H18ClF3N4OS. The minimum absolute atomic E-state index is 0.0212. The number of nitrogens with one attached hydrogen (secondary N) is 2. The van der Waals surface area contributed by atoms with Gasteiger partial charge in [0.25, 0.3) is 5.91 Å². The van der Waals surface area contributed by atoms with Crippen molar-refractivity contribution in [2.45, 2.75) is 51.0 Å². The van der Waals surface area contributed by atoms with E-state index in [1.54, 1.807) is 24.4 Å². The van der Waals surface area contributed by atoms with E-state index in [-0.39, 0.29) is 29.0 Å². The van der Waals surface area contributed by atoms with Crippen molar-refractivity contribution < 1.29 is 18.0 Å². The molecule has 2 aromatic heterocycles. The van der Waals surface area contributed by atoms with Crippen LogP contribution in [0.25, 0.3) is 0 Å². The Hall–Kier alpha value is -1.74. The molecule has 3 atom stereocenters. The highest BCUT2D eigenvalue weighted by atomic mass is 35.5. The molecule has 10 heteroatoms. The fourth-order valence-corrected chi connectivity index (χ4v) is 3.86. The van der Waals surface area contributed by atoms with Crippen molar-refractivity contribution in [1.82, 2.24) is 15.1 Å². The molecule has 142 valence electrons. The first-order chi connectivity index (χ1) is 12.2. The third-order valence-electron chi connectivity index (χ3n) is 4.39. The summed E-state index contributed by atoms with van der Waals surface area (Å²) in [6.07, 6.45) is -4.05. The minimum Gasteiger partial charge on any atom is -0.361 e. The lowest BCUT2D eigenvalue weighted by molar-refractivity contribution is -0.173. The molecule has 1 amide bonds. The zero-order chi connectivity index (χ0) is 19.1. The molecule has 3 rings (SSSR count). The van der Waals surface area contributed by atoms with Crippen LogP contribution in [0.4, 0.5) is 19.0 Å². The summed E-state index contributed by atoms with van der Waals surface area (Å²) in [6, 6.07) is 1.01. The Balaban J connectivity index is 2.00. The molecule has 1 aliphatic heterocycles. The van der Waals surface area contributed by atoms with Crippen LogP contribution < -0.4 is 10.6 Å². The maximum Gasteiger partial charge on any atom is 0.410 e. The van der Waals surface area contributed by atoms with Gasteiger partial charge < -0.3 is 10.6 Å². The van der Waals surface area contributed by atoms with Crippen LogP contribution in [0, 0.1) is 0 Å². The van der Waals surface area contributed by atoms with E-state index in [0.717, 1.165) is 9.56 Å². The average molecular weight is 407 g/mol. The topological polar surface area (TPSA) is 59.0 Å². The molecule has 0 bridgehead atoms. The number of amides is 1. The third-order valence-corrected chi connectivity index (χ3v) is 5.73. The van der Waals surface area contributed by atoms with Crippen LogP contribution >= 0.6 is 22.9 Å². The second-order valence-electron chi connectivity index (χ2n) is 6.24. The number of hydrogen-bond donors (Lipinski definition) is 2. The molecule has 2 N–H and O–H groups in total. The van der Waals surface area contributed by atoms with Gasteiger partial charge in [0.1, 0.15) is 10.8 Å². The van der Waals surface area contributed by atoms with Crippen molar-refractivity contribution in [3.8, 4) is 0 Å². The van der Waals surface area contributed by atoms with E-state index in [0.29, 0.717) is 6.42 Å². The molecule has 0 radical (unpaired) electrons. The highest BCUT2D eigenvalue weighted by Gasteiger charge is 2.48. The van der Waals surface area contributed by atoms with E-state index >= 15 is 0 Å². The van der Waals surface area contributed by atoms with Crippen LogP contribution in [0.15, 0.2) is 17.5 Å². The number of hydrogen-bond acceptors (Lipinski definition) is 4. The Labute approximate surface area is 157 Å². The number of carbonyl (C=O) groups is 1. The lowest BCUT2D eigenvalue weighted by Gasteiger charge is -2.32. The second kappa shape index (κ2) is 7.11. The van der Waals surface area contributed by atoms with Gasteiger partial charge in [0.05, 0.1) is 6.04 Å². The molecule has 0 aliphatic carbocycles. The molecule has 0 aromatic carbocycles. The van der Waals surface area contributed by atoms with Gasteiger partial charge in [-0.05, 0) is 24.8 Å². The summed E-state index contributed by atoms with van der Waals surface area (Å²) in [5.41, 5.74) is -0.199. The number of alkyl halides is 3. The van der Waals surface area contributed by atoms with Crippen molar-refractivity contribution in [3.05, 3.63) is 33.1 Å². The predicted octanol–water partition coefficient (Wildman–Crippen LogP) is 4.79. The fraction of sp³-hybridized carbons (Fsp3) is 0.500. The SMILES string of the molecule is CC[C@@H](C)NC(=O)c1nn2c(c1Cl)N[C@H](c1cccs1)C[C@@H]2C(F)(F)F. The van der Waals surface area contributed by atoms with Crippen molar-refractivity contribution >= 4 is 34.7 Å². The third kappa shape index (κ3) is 3.55. The Morgan fingerprint density at radius 1 is 1.58 bits per heavy atom. The average Bonchev–Trinajstić information content (AvgIpc) is 3.21. The predicted molar refractivity (Wildman–Crippen MR) is 94.8 cm³/mol. The van der Waals surface area contributed by atoms with E-state index in [1.165, 1.54) is 11.3 Å². The summed E-state index contributed by atoms with van der Waals surface area (Å²) in [7, 11) is 0. The summed E-state index contributed by atoms with van der Waals surface area (Å²) in [5.74, 6) is -0.561. The first kappa shape index (κ1) is 19.0. The summed E-state index contributed by atoms with van der Waals surface area (Å²) in [4.78, 5) is 13.1. The van der Waals surface area contributed by atoms with Crippen LogP contribution in [-0.2, 0) is 0 Å². The molecule has 0 fully saturated rings. The van der Waals surface area contributed by atoms with E-state index in [9.17, 15) is 18.0 Å². The Morgan fingerprint density at radius 3 is 2.88 bits per heavy atom. The highest BCUT2D eigenvalue weighted by Crippen LogP contribution is 2.46. The molecule has 0 saturated carbocycles. The number of aromatic nitrogens is 2. The van der Waals surface area contributed by atoms with Gasteiger partial charge in [-0.25, -0.2) is 4.68 Å². The molecule has 5 nitrogen and oxygen atoms in total. The Morgan fingerprint density at radius 2 is 2.31 bits per heavy atom. The summed E-state index contributed by atoms with van der Waals surface area (Å²) in [5, 5.41) is 11.3. The zero-order valence-corrected chi connectivity index (χ0v) is 15.7. The maximum atomic E-state index is 13.6. The van der Waals surface area contributed by atoms with E-state index < -0.39 is 24.2 Å². The first-order valence-electron chi connectivity index (χ1n) is 8.17. The Bertz CT molecular complexity index is 790. The summed E-state index contributed by atoms with van der Waals surface area (Å²) in [6.45, 7) is 3.68. The molecule has 1 aliphatic rings. The molecule has 26 heavy (non-hydrogen) atoms. The zero-order valence-electron chi connectivity index (χ0n) is 14.1. The van der Waals surface area contributed by atoms with Gasteiger partial charge >= 0.3 is 6.18 Å². The standard InChI is InChI=1S/C16H18ClF3N4OS/c1-3-8(2)21-15(25)13-12(17)14-22-9(10-5-4-6-26-10)7-11(16(18,19)20)24(14)23-13/h4-6,8-9,11,22H,3,7H2,1-2H3,(H,21,25)/t8-,9+,11-/m1/s1. The monoisotopic (exact) mass is 406 g/mol. The smallest absolute Gasteiger partial charge is 0.361 e. The van der Waals surface area contributed by atoms with Gasteiger partial charge in [-0.2, -0.15) is 18.3 Å². The summed E-state index contributed by atoms with van der Waals surface area (Å²) < 4.78 is 41.6. The lowest BCUT2D eigenvalue weighted by atomic mass is 10.0. The quantitative estimate of drug-likeness (QED) is 0.767. The van der Waals surface area contributed by atoms with Gasteiger partial charge in [-0.15, -0.1) is 11.3 Å². The van der Waals surface area contributed by atoms with Gasteiger partial charge in [0.15, 0.2) is 11.7 Å². The number of rotatable bonds is 4. The number of anilines is 1. The molecule has 2 aromatic rings. The maximum absolute atomic E-state index is 13.6. The first-order valence-corrected chi connectivity index (χ1v) is 9.43. The number of thiophene rings is 1. The lowest BCUT2D eigenvalue weighted by Crippen LogP contribution is -2.36. The van der Waals surface area contributed by atoms with Crippen LogP contribution in [0.2, 0.25) is 5.02 Å². The fourth-order valence-electron chi connectivity index (χ4n) is 2.80. The van der Waals surface area contributed by atoms with Crippen molar-refractivity contribution in [3.63, 3.8) is 0 Å². The van der Waals surface area contributed by atoms with Crippen LogP contribution in [0.1, 0.15) is 54.1 Å². The van der Waals surface area contributed by atoms with E-state index in [1.807, 2.05) is 6.92 Å². The van der Waals surface area contributed by atoms with Crippen molar-refractivity contribution in [2.24, 2.45) is 0 Å². The molecule has 0 saturated heterocycles. The molecule has 3 heterocycles.